The zero-order chi connectivity index (χ0) is 20.9. The molecular formula is C23H22F2N4O. The number of carbonyl (C=O) groups excluding carboxylic acids is 1. The van der Waals surface area contributed by atoms with Crippen LogP contribution < -0.4 is 15.5 Å². The lowest BCUT2D eigenvalue weighted by molar-refractivity contribution is 0.0950. The number of anilines is 1. The second-order valence-electron chi connectivity index (χ2n) is 7.23. The second-order valence-corrected chi connectivity index (χ2v) is 7.23. The van der Waals surface area contributed by atoms with Crippen molar-refractivity contribution in [1.82, 2.24) is 15.6 Å². The number of aromatic nitrogens is 1. The molecule has 1 aliphatic rings. The normalized spacial score (nSPS) is 16.3. The molecule has 1 unspecified atom stereocenters. The van der Waals surface area contributed by atoms with Crippen LogP contribution in [0.25, 0.3) is 0 Å². The van der Waals surface area contributed by atoms with E-state index in [0.717, 1.165) is 31.5 Å². The molecule has 5 nitrogen and oxygen atoms in total. The Bertz CT molecular complexity index is 1010. The first-order valence-corrected chi connectivity index (χ1v) is 9.81. The molecule has 0 saturated carbocycles. The third-order valence-electron chi connectivity index (χ3n) is 5.08. The fourth-order valence-electron chi connectivity index (χ4n) is 3.60. The van der Waals surface area contributed by atoms with Crippen molar-refractivity contribution in [1.29, 1.82) is 0 Å². The summed E-state index contributed by atoms with van der Waals surface area (Å²) < 4.78 is 26.6. The molecule has 4 rings (SSSR count). The van der Waals surface area contributed by atoms with Crippen LogP contribution in [0.3, 0.4) is 0 Å². The predicted octanol–water partition coefficient (Wildman–Crippen LogP) is 3.44. The van der Waals surface area contributed by atoms with Gasteiger partial charge in [-0.1, -0.05) is 30.3 Å². The monoisotopic (exact) mass is 408 g/mol. The second kappa shape index (κ2) is 9.00. The van der Waals surface area contributed by atoms with Crippen LogP contribution in [-0.4, -0.2) is 30.5 Å². The summed E-state index contributed by atoms with van der Waals surface area (Å²) in [5.74, 6) is -0.936. The Morgan fingerprint density at radius 3 is 2.63 bits per heavy atom. The number of hydrogen-bond donors (Lipinski definition) is 2. The molecule has 2 aromatic carbocycles. The number of nitrogens with one attached hydrogen (secondary N) is 2. The quantitative estimate of drug-likeness (QED) is 0.679. The third-order valence-corrected chi connectivity index (χ3v) is 5.08. The summed E-state index contributed by atoms with van der Waals surface area (Å²) in [4.78, 5) is 19.1. The van der Waals surface area contributed by atoms with Gasteiger partial charge in [-0.3, -0.25) is 4.79 Å². The van der Waals surface area contributed by atoms with E-state index < -0.39 is 11.6 Å². The van der Waals surface area contributed by atoms with Crippen LogP contribution in [0.4, 0.5) is 14.6 Å². The Kier molecular flexibility index (Phi) is 5.99. The average molecular weight is 408 g/mol. The number of nitrogens with zero attached hydrogens (tertiary/aromatic N) is 2. The van der Waals surface area contributed by atoms with Crippen LogP contribution in [0.2, 0.25) is 0 Å². The first-order chi connectivity index (χ1) is 14.6. The molecule has 1 amide bonds. The summed E-state index contributed by atoms with van der Waals surface area (Å²) in [5.41, 5.74) is 2.02. The summed E-state index contributed by atoms with van der Waals surface area (Å²) in [7, 11) is 0. The number of piperazine rings is 1. The van der Waals surface area contributed by atoms with Gasteiger partial charge in [0.25, 0.3) is 5.91 Å². The fraction of sp³-hybridized carbons (Fsp3) is 0.217. The molecule has 7 heteroatoms. The Hall–Kier alpha value is -3.32. The highest BCUT2D eigenvalue weighted by molar-refractivity contribution is 5.94. The zero-order valence-electron chi connectivity index (χ0n) is 16.3. The van der Waals surface area contributed by atoms with Crippen molar-refractivity contribution in [3.63, 3.8) is 0 Å². The van der Waals surface area contributed by atoms with Gasteiger partial charge in [0.2, 0.25) is 0 Å². The summed E-state index contributed by atoms with van der Waals surface area (Å²) in [6, 6.07) is 17.0. The standard InChI is InChI=1S/C23H22F2N4O/c24-19-10-16(11-20(25)13-19)14-28-23(30)18-6-7-27-22(12-18)29-9-8-26-21(15-29)17-4-2-1-3-5-17/h1-7,10-13,21,26H,8-9,14-15H2,(H,28,30). The van der Waals surface area contributed by atoms with E-state index in [9.17, 15) is 13.6 Å². The fourth-order valence-corrected chi connectivity index (χ4v) is 3.60. The third kappa shape index (κ3) is 4.80. The lowest BCUT2D eigenvalue weighted by Gasteiger charge is -2.34. The molecular weight excluding hydrogens is 386 g/mol. The van der Waals surface area contributed by atoms with E-state index in [4.69, 9.17) is 0 Å². The summed E-state index contributed by atoms with van der Waals surface area (Å²) in [6.45, 7) is 2.37. The number of halogens is 2. The maximum absolute atomic E-state index is 13.3. The summed E-state index contributed by atoms with van der Waals surface area (Å²) in [5, 5.41) is 6.21. The van der Waals surface area contributed by atoms with Gasteiger partial charge in [0.15, 0.2) is 0 Å². The van der Waals surface area contributed by atoms with Gasteiger partial charge in [-0.15, -0.1) is 0 Å². The van der Waals surface area contributed by atoms with Crippen LogP contribution in [0.5, 0.6) is 0 Å². The minimum Gasteiger partial charge on any atom is -0.353 e. The van der Waals surface area contributed by atoms with Gasteiger partial charge in [0.05, 0.1) is 0 Å². The smallest absolute Gasteiger partial charge is 0.251 e. The van der Waals surface area contributed by atoms with Gasteiger partial charge in [0.1, 0.15) is 17.5 Å². The van der Waals surface area contributed by atoms with Gasteiger partial charge in [-0.05, 0) is 35.4 Å². The van der Waals surface area contributed by atoms with Crippen LogP contribution in [0, 0.1) is 11.6 Å². The summed E-state index contributed by atoms with van der Waals surface area (Å²) in [6.07, 6.45) is 1.60. The minimum absolute atomic E-state index is 0.0366. The van der Waals surface area contributed by atoms with Gasteiger partial charge in [-0.25, -0.2) is 13.8 Å². The van der Waals surface area contributed by atoms with E-state index in [1.165, 1.54) is 17.7 Å². The molecule has 0 spiro atoms. The van der Waals surface area contributed by atoms with Crippen LogP contribution in [-0.2, 0) is 6.54 Å². The van der Waals surface area contributed by atoms with Gasteiger partial charge in [-0.2, -0.15) is 0 Å². The Balaban J connectivity index is 1.43. The van der Waals surface area contributed by atoms with E-state index in [1.54, 1.807) is 18.3 Å². The largest absolute Gasteiger partial charge is 0.353 e. The van der Waals surface area contributed by atoms with E-state index in [-0.39, 0.29) is 18.5 Å². The molecule has 1 fully saturated rings. The zero-order valence-corrected chi connectivity index (χ0v) is 16.3. The molecule has 1 aliphatic heterocycles. The number of carbonyl (C=O) groups is 1. The molecule has 0 bridgehead atoms. The lowest BCUT2D eigenvalue weighted by atomic mass is 10.0. The number of rotatable bonds is 5. The highest BCUT2D eigenvalue weighted by Crippen LogP contribution is 2.21. The Morgan fingerprint density at radius 2 is 1.87 bits per heavy atom. The first kappa shape index (κ1) is 20.0. The molecule has 0 radical (unpaired) electrons. The van der Waals surface area contributed by atoms with E-state index in [1.807, 2.05) is 18.2 Å². The number of amides is 1. The van der Waals surface area contributed by atoms with Crippen molar-refractivity contribution in [2.45, 2.75) is 12.6 Å². The molecule has 0 aliphatic carbocycles. The topological polar surface area (TPSA) is 57.3 Å². The van der Waals surface area contributed by atoms with E-state index in [0.29, 0.717) is 11.1 Å². The van der Waals surface area contributed by atoms with E-state index >= 15 is 0 Å². The Morgan fingerprint density at radius 1 is 1.10 bits per heavy atom. The maximum Gasteiger partial charge on any atom is 0.251 e. The first-order valence-electron chi connectivity index (χ1n) is 9.81. The van der Waals surface area contributed by atoms with Crippen LogP contribution in [0.15, 0.2) is 66.9 Å². The number of hydrogen-bond acceptors (Lipinski definition) is 4. The maximum atomic E-state index is 13.3. The predicted molar refractivity (Wildman–Crippen MR) is 111 cm³/mol. The molecule has 2 heterocycles. The minimum atomic E-state index is -0.669. The molecule has 30 heavy (non-hydrogen) atoms. The van der Waals surface area contributed by atoms with Gasteiger partial charge < -0.3 is 15.5 Å². The van der Waals surface area contributed by atoms with Crippen molar-refractivity contribution in [3.8, 4) is 0 Å². The highest BCUT2D eigenvalue weighted by atomic mass is 19.1. The molecule has 2 N–H and O–H groups in total. The molecule has 154 valence electrons. The average Bonchev–Trinajstić information content (AvgIpc) is 2.78. The number of benzene rings is 2. The highest BCUT2D eigenvalue weighted by Gasteiger charge is 2.22. The Labute approximate surface area is 173 Å². The molecule has 1 aromatic heterocycles. The van der Waals surface area contributed by atoms with Crippen molar-refractivity contribution >= 4 is 11.7 Å². The number of pyridine rings is 1. The van der Waals surface area contributed by atoms with E-state index in [2.05, 4.69) is 32.7 Å². The SMILES string of the molecule is O=C(NCc1cc(F)cc(F)c1)c1ccnc(N2CCNC(c3ccccc3)C2)c1. The van der Waals surface area contributed by atoms with Crippen LogP contribution in [0.1, 0.15) is 27.5 Å². The molecule has 3 aromatic rings. The van der Waals surface area contributed by atoms with Crippen LogP contribution >= 0.6 is 0 Å². The van der Waals surface area contributed by atoms with Crippen molar-refractivity contribution in [2.75, 3.05) is 24.5 Å². The lowest BCUT2D eigenvalue weighted by Crippen LogP contribution is -2.46. The van der Waals surface area contributed by atoms with Crippen molar-refractivity contribution in [2.24, 2.45) is 0 Å². The summed E-state index contributed by atoms with van der Waals surface area (Å²) >= 11 is 0. The van der Waals surface area contributed by atoms with Crippen molar-refractivity contribution in [3.05, 3.63) is 95.2 Å². The molecule has 1 atom stereocenters. The molecule has 1 saturated heterocycles. The van der Waals surface area contributed by atoms with Gasteiger partial charge in [0, 0.05) is 50.0 Å². The van der Waals surface area contributed by atoms with Gasteiger partial charge >= 0.3 is 0 Å². The van der Waals surface area contributed by atoms with Crippen molar-refractivity contribution < 1.29 is 13.6 Å².